The molecule has 0 radical (unpaired) electrons. The summed E-state index contributed by atoms with van der Waals surface area (Å²) in [6.45, 7) is 4.73. The van der Waals surface area contributed by atoms with E-state index in [0.717, 1.165) is 12.8 Å². The molecule has 0 unspecified atom stereocenters. The zero-order valence-electron chi connectivity index (χ0n) is 8.47. The van der Waals surface area contributed by atoms with Crippen LogP contribution in [-0.4, -0.2) is 30.3 Å². The van der Waals surface area contributed by atoms with Crippen LogP contribution in [0.5, 0.6) is 0 Å². The van der Waals surface area contributed by atoms with Gasteiger partial charge < -0.3 is 15.7 Å². The molecule has 0 bridgehead atoms. The number of aliphatic hydroxyl groups is 1. The standard InChI is InChI=1S/C9H20N2O2/c1-3-8(4-2)11-9(13)10-6-5-7-12/h8,12H,3-7H2,1-2H3,(H2,10,11,13). The summed E-state index contributed by atoms with van der Waals surface area (Å²) in [5.74, 6) is 0. The second kappa shape index (κ2) is 7.86. The molecule has 3 N–H and O–H groups in total. The molecule has 0 rings (SSSR count). The Hall–Kier alpha value is -0.770. The molecule has 0 aliphatic carbocycles. The fraction of sp³-hybridized carbons (Fsp3) is 0.889. The van der Waals surface area contributed by atoms with Crippen LogP contribution in [-0.2, 0) is 0 Å². The average molecular weight is 188 g/mol. The molecule has 0 aliphatic heterocycles. The molecule has 4 heteroatoms. The smallest absolute Gasteiger partial charge is 0.315 e. The van der Waals surface area contributed by atoms with Crippen molar-refractivity contribution in [3.8, 4) is 0 Å². The van der Waals surface area contributed by atoms with Crippen molar-refractivity contribution in [1.82, 2.24) is 10.6 Å². The van der Waals surface area contributed by atoms with Gasteiger partial charge in [0.25, 0.3) is 0 Å². The van der Waals surface area contributed by atoms with Crippen LogP contribution in [0.1, 0.15) is 33.1 Å². The highest BCUT2D eigenvalue weighted by Gasteiger charge is 2.06. The summed E-state index contributed by atoms with van der Waals surface area (Å²) >= 11 is 0. The molecule has 0 saturated carbocycles. The number of nitrogens with one attached hydrogen (secondary N) is 2. The average Bonchev–Trinajstić information content (AvgIpc) is 2.14. The van der Waals surface area contributed by atoms with E-state index in [4.69, 9.17) is 5.11 Å². The van der Waals surface area contributed by atoms with Crippen molar-refractivity contribution in [3.05, 3.63) is 0 Å². The first kappa shape index (κ1) is 12.2. The van der Waals surface area contributed by atoms with Gasteiger partial charge in [-0.05, 0) is 19.3 Å². The van der Waals surface area contributed by atoms with Crippen LogP contribution in [0, 0.1) is 0 Å². The zero-order chi connectivity index (χ0) is 10.1. The van der Waals surface area contributed by atoms with Gasteiger partial charge in [0.2, 0.25) is 0 Å². The summed E-state index contributed by atoms with van der Waals surface area (Å²) in [6.07, 6.45) is 2.50. The predicted molar refractivity (Wildman–Crippen MR) is 52.6 cm³/mol. The highest BCUT2D eigenvalue weighted by atomic mass is 16.3. The largest absolute Gasteiger partial charge is 0.396 e. The molecule has 0 aromatic heterocycles. The lowest BCUT2D eigenvalue weighted by atomic mass is 10.2. The lowest BCUT2D eigenvalue weighted by Gasteiger charge is -2.14. The molecular formula is C9H20N2O2. The number of rotatable bonds is 6. The maximum atomic E-state index is 11.1. The van der Waals surface area contributed by atoms with Crippen molar-refractivity contribution in [2.75, 3.05) is 13.2 Å². The van der Waals surface area contributed by atoms with Crippen molar-refractivity contribution in [1.29, 1.82) is 0 Å². The maximum absolute atomic E-state index is 11.1. The number of carbonyl (C=O) groups excluding carboxylic acids is 1. The van der Waals surface area contributed by atoms with Crippen molar-refractivity contribution in [3.63, 3.8) is 0 Å². The van der Waals surface area contributed by atoms with Crippen molar-refractivity contribution in [2.45, 2.75) is 39.2 Å². The SMILES string of the molecule is CCC(CC)NC(=O)NCCCO. The summed E-state index contributed by atoms with van der Waals surface area (Å²) in [5, 5.41) is 14.0. The van der Waals surface area contributed by atoms with E-state index in [1.807, 2.05) is 13.8 Å². The van der Waals surface area contributed by atoms with Gasteiger partial charge in [-0.2, -0.15) is 0 Å². The number of urea groups is 1. The maximum Gasteiger partial charge on any atom is 0.315 e. The van der Waals surface area contributed by atoms with Gasteiger partial charge in [-0.25, -0.2) is 4.79 Å². The minimum atomic E-state index is -0.137. The third kappa shape index (κ3) is 6.40. The predicted octanol–water partition coefficient (Wildman–Crippen LogP) is 0.857. The molecule has 0 heterocycles. The van der Waals surface area contributed by atoms with E-state index in [-0.39, 0.29) is 18.7 Å². The first-order valence-electron chi connectivity index (χ1n) is 4.89. The molecule has 4 nitrogen and oxygen atoms in total. The fourth-order valence-corrected chi connectivity index (χ4v) is 1.01. The molecular weight excluding hydrogens is 168 g/mol. The highest BCUT2D eigenvalue weighted by molar-refractivity contribution is 5.74. The van der Waals surface area contributed by atoms with Crippen LogP contribution in [0.25, 0.3) is 0 Å². The minimum Gasteiger partial charge on any atom is -0.396 e. The van der Waals surface area contributed by atoms with E-state index in [1.54, 1.807) is 0 Å². The van der Waals surface area contributed by atoms with Crippen LogP contribution in [0.2, 0.25) is 0 Å². The molecule has 0 spiro atoms. The Kier molecular flexibility index (Phi) is 7.39. The molecule has 0 aliphatic rings. The molecule has 0 fully saturated rings. The minimum absolute atomic E-state index is 0.116. The number of amides is 2. The number of aliphatic hydroxyl groups excluding tert-OH is 1. The normalized spacial score (nSPS) is 10.2. The first-order chi connectivity index (χ1) is 6.24. The quantitative estimate of drug-likeness (QED) is 0.541. The fourth-order valence-electron chi connectivity index (χ4n) is 1.01. The van der Waals surface area contributed by atoms with Gasteiger partial charge in [-0.15, -0.1) is 0 Å². The van der Waals surface area contributed by atoms with E-state index in [2.05, 4.69) is 10.6 Å². The molecule has 0 saturated heterocycles. The summed E-state index contributed by atoms with van der Waals surface area (Å²) in [5.41, 5.74) is 0. The summed E-state index contributed by atoms with van der Waals surface area (Å²) in [6, 6.07) is 0.122. The third-order valence-corrected chi connectivity index (χ3v) is 1.94. The van der Waals surface area contributed by atoms with Crippen LogP contribution >= 0.6 is 0 Å². The Morgan fingerprint density at radius 2 is 2.00 bits per heavy atom. The van der Waals surface area contributed by atoms with Gasteiger partial charge in [0.1, 0.15) is 0 Å². The van der Waals surface area contributed by atoms with Crippen LogP contribution in [0.4, 0.5) is 4.79 Å². The molecule has 0 aromatic rings. The van der Waals surface area contributed by atoms with Crippen LogP contribution in [0.15, 0.2) is 0 Å². The van der Waals surface area contributed by atoms with Crippen molar-refractivity contribution >= 4 is 6.03 Å². The van der Waals surface area contributed by atoms with Gasteiger partial charge >= 0.3 is 6.03 Å². The second-order valence-corrected chi connectivity index (χ2v) is 2.99. The molecule has 0 aromatic carbocycles. The number of hydrogen-bond acceptors (Lipinski definition) is 2. The Morgan fingerprint density at radius 3 is 2.46 bits per heavy atom. The van der Waals surface area contributed by atoms with Crippen LogP contribution in [0.3, 0.4) is 0 Å². The van der Waals surface area contributed by atoms with Gasteiger partial charge in [0, 0.05) is 19.2 Å². The zero-order valence-corrected chi connectivity index (χ0v) is 8.47. The van der Waals surface area contributed by atoms with Crippen LogP contribution < -0.4 is 10.6 Å². The summed E-state index contributed by atoms with van der Waals surface area (Å²) in [4.78, 5) is 11.1. The van der Waals surface area contributed by atoms with Gasteiger partial charge in [0.15, 0.2) is 0 Å². The Bertz CT molecular complexity index is 136. The van der Waals surface area contributed by atoms with Crippen molar-refractivity contribution in [2.24, 2.45) is 0 Å². The van der Waals surface area contributed by atoms with Gasteiger partial charge in [0.05, 0.1) is 0 Å². The topological polar surface area (TPSA) is 61.4 Å². The Morgan fingerprint density at radius 1 is 1.38 bits per heavy atom. The third-order valence-electron chi connectivity index (χ3n) is 1.94. The number of carbonyl (C=O) groups is 1. The van der Waals surface area contributed by atoms with E-state index >= 15 is 0 Å². The number of hydrogen-bond donors (Lipinski definition) is 3. The molecule has 2 amide bonds. The molecule has 78 valence electrons. The van der Waals surface area contributed by atoms with Gasteiger partial charge in [-0.1, -0.05) is 13.8 Å². The van der Waals surface area contributed by atoms with Crippen molar-refractivity contribution < 1.29 is 9.90 Å². The Labute approximate surface area is 79.7 Å². The molecule has 0 atom stereocenters. The lowest BCUT2D eigenvalue weighted by molar-refractivity contribution is 0.233. The van der Waals surface area contributed by atoms with E-state index in [1.165, 1.54) is 0 Å². The second-order valence-electron chi connectivity index (χ2n) is 2.99. The first-order valence-corrected chi connectivity index (χ1v) is 4.89. The van der Waals surface area contributed by atoms with Gasteiger partial charge in [-0.3, -0.25) is 0 Å². The summed E-state index contributed by atoms with van der Waals surface area (Å²) < 4.78 is 0. The summed E-state index contributed by atoms with van der Waals surface area (Å²) in [7, 11) is 0. The lowest BCUT2D eigenvalue weighted by Crippen LogP contribution is -2.42. The van der Waals surface area contributed by atoms with E-state index < -0.39 is 0 Å². The Balaban J connectivity index is 3.48. The molecule has 13 heavy (non-hydrogen) atoms. The monoisotopic (exact) mass is 188 g/mol. The highest BCUT2D eigenvalue weighted by Crippen LogP contribution is 1.94. The van der Waals surface area contributed by atoms with E-state index in [0.29, 0.717) is 13.0 Å². The van der Waals surface area contributed by atoms with E-state index in [9.17, 15) is 4.79 Å².